The largest absolute Gasteiger partial charge is 0.465 e. The molecule has 0 saturated carbocycles. The average Bonchev–Trinajstić information content (AvgIpc) is 2.63. The van der Waals surface area contributed by atoms with Crippen molar-refractivity contribution < 1.29 is 19.1 Å². The average molecular weight is 365 g/mol. The maximum Gasteiger partial charge on any atom is 0.409 e. The molecule has 0 aliphatic heterocycles. The van der Waals surface area contributed by atoms with Crippen molar-refractivity contribution in [3.8, 4) is 11.1 Å². The molecule has 3 aromatic rings. The van der Waals surface area contributed by atoms with Crippen LogP contribution < -0.4 is 16.4 Å². The predicted octanol–water partition coefficient (Wildman–Crippen LogP) is 4.42. The number of anilines is 3. The Bertz CT molecular complexity index is 1000. The summed E-state index contributed by atoms with van der Waals surface area (Å²) in [7, 11) is 0. The first-order valence-corrected chi connectivity index (χ1v) is 7.99. The van der Waals surface area contributed by atoms with Crippen LogP contribution in [0.1, 0.15) is 10.4 Å². The summed E-state index contributed by atoms with van der Waals surface area (Å²) in [5.41, 5.74) is 8.76. The lowest BCUT2D eigenvalue weighted by atomic mass is 10.0. The van der Waals surface area contributed by atoms with E-state index in [0.717, 1.165) is 0 Å². The van der Waals surface area contributed by atoms with Crippen LogP contribution in [-0.2, 0) is 0 Å². The van der Waals surface area contributed by atoms with Crippen molar-refractivity contribution in [3.05, 3.63) is 78.1 Å². The van der Waals surface area contributed by atoms with Crippen LogP contribution in [0.4, 0.5) is 26.2 Å². The molecule has 3 aromatic carbocycles. The Morgan fingerprint density at radius 2 is 1.59 bits per heavy atom. The van der Waals surface area contributed by atoms with Gasteiger partial charge in [0.25, 0.3) is 5.91 Å². The van der Waals surface area contributed by atoms with E-state index in [1.54, 1.807) is 30.3 Å². The van der Waals surface area contributed by atoms with Gasteiger partial charge in [-0.05, 0) is 59.7 Å². The molecule has 0 radical (unpaired) electrons. The third-order valence-corrected chi connectivity index (χ3v) is 3.86. The summed E-state index contributed by atoms with van der Waals surface area (Å²) < 4.78 is 13.4. The van der Waals surface area contributed by atoms with Gasteiger partial charge in [-0.15, -0.1) is 0 Å². The molecule has 0 aromatic heterocycles. The number of amides is 2. The second kappa shape index (κ2) is 7.57. The van der Waals surface area contributed by atoms with E-state index in [0.29, 0.717) is 33.8 Å². The summed E-state index contributed by atoms with van der Waals surface area (Å²) in [6.45, 7) is 0. The zero-order valence-electron chi connectivity index (χ0n) is 14.1. The van der Waals surface area contributed by atoms with E-state index in [-0.39, 0.29) is 5.82 Å². The molecule has 0 unspecified atom stereocenters. The highest BCUT2D eigenvalue weighted by atomic mass is 19.1. The Balaban J connectivity index is 1.81. The predicted molar refractivity (Wildman–Crippen MR) is 102 cm³/mol. The minimum Gasteiger partial charge on any atom is -0.465 e. The topological polar surface area (TPSA) is 104 Å². The van der Waals surface area contributed by atoms with Crippen molar-refractivity contribution >= 4 is 29.1 Å². The van der Waals surface area contributed by atoms with Crippen LogP contribution in [0, 0.1) is 5.82 Å². The van der Waals surface area contributed by atoms with Crippen LogP contribution in [0.15, 0.2) is 66.7 Å². The van der Waals surface area contributed by atoms with Crippen LogP contribution in [0.2, 0.25) is 0 Å². The van der Waals surface area contributed by atoms with Gasteiger partial charge in [0.2, 0.25) is 0 Å². The summed E-state index contributed by atoms with van der Waals surface area (Å²) in [6.07, 6.45) is -1.19. The zero-order valence-corrected chi connectivity index (χ0v) is 14.1. The van der Waals surface area contributed by atoms with E-state index in [4.69, 9.17) is 10.8 Å². The molecule has 0 fully saturated rings. The monoisotopic (exact) mass is 365 g/mol. The van der Waals surface area contributed by atoms with Crippen molar-refractivity contribution in [1.82, 2.24) is 0 Å². The fourth-order valence-electron chi connectivity index (χ4n) is 2.54. The summed E-state index contributed by atoms with van der Waals surface area (Å²) in [4.78, 5) is 23.0. The van der Waals surface area contributed by atoms with Crippen molar-refractivity contribution in [3.63, 3.8) is 0 Å². The summed E-state index contributed by atoms with van der Waals surface area (Å²) in [6, 6.07) is 17.1. The van der Waals surface area contributed by atoms with Gasteiger partial charge in [0.1, 0.15) is 5.82 Å². The van der Waals surface area contributed by atoms with Gasteiger partial charge in [0, 0.05) is 11.3 Å². The van der Waals surface area contributed by atoms with Crippen molar-refractivity contribution in [1.29, 1.82) is 0 Å². The molecule has 7 heteroatoms. The molecule has 0 aliphatic rings. The van der Waals surface area contributed by atoms with Crippen LogP contribution in [-0.4, -0.2) is 17.1 Å². The Labute approximate surface area is 154 Å². The first kappa shape index (κ1) is 17.9. The van der Waals surface area contributed by atoms with Crippen LogP contribution in [0.25, 0.3) is 11.1 Å². The van der Waals surface area contributed by atoms with Crippen molar-refractivity contribution in [2.75, 3.05) is 16.4 Å². The molecule has 0 atom stereocenters. The van der Waals surface area contributed by atoms with E-state index >= 15 is 0 Å². The molecule has 0 bridgehead atoms. The first-order valence-electron chi connectivity index (χ1n) is 7.99. The third kappa shape index (κ3) is 4.40. The van der Waals surface area contributed by atoms with Crippen LogP contribution >= 0.6 is 0 Å². The zero-order chi connectivity index (χ0) is 19.4. The maximum absolute atomic E-state index is 13.4. The van der Waals surface area contributed by atoms with Gasteiger partial charge in [-0.3, -0.25) is 10.1 Å². The normalized spacial score (nSPS) is 10.3. The summed E-state index contributed by atoms with van der Waals surface area (Å²) in [5, 5.41) is 13.6. The number of hydrogen-bond donors (Lipinski definition) is 4. The number of carbonyl (C=O) groups is 2. The Morgan fingerprint density at radius 3 is 2.26 bits per heavy atom. The highest BCUT2D eigenvalue weighted by molar-refractivity contribution is 6.06. The summed E-state index contributed by atoms with van der Waals surface area (Å²) >= 11 is 0. The van der Waals surface area contributed by atoms with Gasteiger partial charge in [0.15, 0.2) is 0 Å². The molecule has 27 heavy (non-hydrogen) atoms. The van der Waals surface area contributed by atoms with E-state index in [2.05, 4.69) is 10.6 Å². The number of halogens is 1. The van der Waals surface area contributed by atoms with Gasteiger partial charge in [-0.1, -0.05) is 18.2 Å². The Hall–Kier alpha value is -3.87. The third-order valence-electron chi connectivity index (χ3n) is 3.86. The SMILES string of the molecule is Nc1ccc(-c2cccc(F)c2)cc1NC(=O)c1ccc(NC(=O)O)cc1. The lowest BCUT2D eigenvalue weighted by Crippen LogP contribution is -2.13. The number of carbonyl (C=O) groups excluding carboxylic acids is 1. The Kier molecular flexibility index (Phi) is 5.03. The second-order valence-corrected chi connectivity index (χ2v) is 5.77. The number of carboxylic acid groups (broad SMARTS) is 1. The standard InChI is InChI=1S/C20H16FN3O3/c21-15-3-1-2-13(10-15)14-6-9-17(22)18(11-14)24-19(25)12-4-7-16(8-5-12)23-20(26)27/h1-11,23H,22H2,(H,24,25)(H,26,27). The molecule has 136 valence electrons. The highest BCUT2D eigenvalue weighted by Crippen LogP contribution is 2.28. The fourth-order valence-corrected chi connectivity index (χ4v) is 2.54. The Morgan fingerprint density at radius 1 is 0.889 bits per heavy atom. The van der Waals surface area contributed by atoms with Gasteiger partial charge in [-0.25, -0.2) is 9.18 Å². The first-order chi connectivity index (χ1) is 12.9. The van der Waals surface area contributed by atoms with Crippen molar-refractivity contribution in [2.24, 2.45) is 0 Å². The molecule has 0 saturated heterocycles. The van der Waals surface area contributed by atoms with Crippen LogP contribution in [0.3, 0.4) is 0 Å². The number of rotatable bonds is 4. The number of nitrogen functional groups attached to an aromatic ring is 1. The van der Waals surface area contributed by atoms with Crippen molar-refractivity contribution in [2.45, 2.75) is 0 Å². The quantitative estimate of drug-likeness (QED) is 0.514. The summed E-state index contributed by atoms with van der Waals surface area (Å²) in [5.74, 6) is -0.759. The minimum absolute atomic E-state index is 0.335. The van der Waals surface area contributed by atoms with Gasteiger partial charge in [-0.2, -0.15) is 0 Å². The molecule has 6 nitrogen and oxygen atoms in total. The fraction of sp³-hybridized carbons (Fsp3) is 0. The number of hydrogen-bond acceptors (Lipinski definition) is 3. The van der Waals surface area contributed by atoms with E-state index < -0.39 is 12.0 Å². The molecular weight excluding hydrogens is 349 g/mol. The van der Waals surface area contributed by atoms with Gasteiger partial charge < -0.3 is 16.2 Å². The van der Waals surface area contributed by atoms with Gasteiger partial charge in [0.05, 0.1) is 11.4 Å². The molecule has 2 amide bonds. The molecular formula is C20H16FN3O3. The highest BCUT2D eigenvalue weighted by Gasteiger charge is 2.10. The van der Waals surface area contributed by atoms with E-state index in [1.807, 2.05) is 0 Å². The number of nitrogens with two attached hydrogens (primary N) is 1. The molecule has 5 N–H and O–H groups in total. The van der Waals surface area contributed by atoms with E-state index in [1.165, 1.54) is 36.4 Å². The number of nitrogens with one attached hydrogen (secondary N) is 2. The number of benzene rings is 3. The molecule has 3 rings (SSSR count). The molecule has 0 spiro atoms. The second-order valence-electron chi connectivity index (χ2n) is 5.77. The minimum atomic E-state index is -1.19. The molecule has 0 heterocycles. The van der Waals surface area contributed by atoms with Gasteiger partial charge >= 0.3 is 6.09 Å². The lowest BCUT2D eigenvalue weighted by Gasteiger charge is -2.11. The smallest absolute Gasteiger partial charge is 0.409 e. The van der Waals surface area contributed by atoms with Crippen LogP contribution in [0.5, 0.6) is 0 Å². The maximum atomic E-state index is 13.4. The molecule has 0 aliphatic carbocycles. The van der Waals surface area contributed by atoms with E-state index in [9.17, 15) is 14.0 Å². The lowest BCUT2D eigenvalue weighted by molar-refractivity contribution is 0.102.